The number of anilines is 1. The Kier molecular flexibility index (Phi) is 3.35. The highest BCUT2D eigenvalue weighted by atomic mass is 16.1. The van der Waals surface area contributed by atoms with Gasteiger partial charge in [-0.3, -0.25) is 4.79 Å². The standard InChI is InChI=1S/C15H17N5O/c1-20-7-6-17-14(20)4-5-18-15(21)12-9-19-13-8-10(16)2-3-11(12)13/h2-3,6-9,19H,4-5,16H2,1H3,(H,18,21). The maximum absolute atomic E-state index is 12.2. The molecule has 1 amide bonds. The van der Waals surface area contributed by atoms with Gasteiger partial charge in [0, 0.05) is 55.2 Å². The van der Waals surface area contributed by atoms with Crippen molar-refractivity contribution in [2.75, 3.05) is 12.3 Å². The molecular formula is C15H17N5O. The average molecular weight is 283 g/mol. The molecular weight excluding hydrogens is 266 g/mol. The number of aryl methyl sites for hydroxylation is 1. The molecule has 2 aromatic heterocycles. The molecule has 108 valence electrons. The van der Waals surface area contributed by atoms with Crippen molar-refractivity contribution in [1.29, 1.82) is 0 Å². The van der Waals surface area contributed by atoms with Crippen LogP contribution in [-0.2, 0) is 13.5 Å². The minimum atomic E-state index is -0.0970. The van der Waals surface area contributed by atoms with Gasteiger partial charge in [-0.05, 0) is 18.2 Å². The van der Waals surface area contributed by atoms with Gasteiger partial charge >= 0.3 is 0 Å². The Bertz CT molecular complexity index is 786. The third-order valence-corrected chi connectivity index (χ3v) is 3.51. The van der Waals surface area contributed by atoms with Gasteiger partial charge in [-0.25, -0.2) is 4.98 Å². The molecule has 6 nitrogen and oxygen atoms in total. The Morgan fingerprint density at radius 3 is 3.10 bits per heavy atom. The van der Waals surface area contributed by atoms with Gasteiger partial charge < -0.3 is 20.6 Å². The van der Waals surface area contributed by atoms with Crippen LogP contribution in [0.4, 0.5) is 5.69 Å². The Hall–Kier alpha value is -2.76. The number of carbonyl (C=O) groups is 1. The van der Waals surface area contributed by atoms with Gasteiger partial charge in [-0.1, -0.05) is 0 Å². The Morgan fingerprint density at radius 2 is 2.33 bits per heavy atom. The van der Waals surface area contributed by atoms with Gasteiger partial charge in [0.2, 0.25) is 0 Å². The summed E-state index contributed by atoms with van der Waals surface area (Å²) < 4.78 is 1.95. The summed E-state index contributed by atoms with van der Waals surface area (Å²) in [5.74, 6) is 0.849. The first kappa shape index (κ1) is 13.2. The zero-order valence-corrected chi connectivity index (χ0v) is 11.8. The number of nitrogens with two attached hydrogens (primary N) is 1. The van der Waals surface area contributed by atoms with E-state index in [-0.39, 0.29) is 5.91 Å². The molecule has 6 heteroatoms. The number of imidazole rings is 1. The van der Waals surface area contributed by atoms with E-state index in [0.29, 0.717) is 24.2 Å². The lowest BCUT2D eigenvalue weighted by Crippen LogP contribution is -2.26. The van der Waals surface area contributed by atoms with Gasteiger partial charge in [-0.15, -0.1) is 0 Å². The normalized spacial score (nSPS) is 10.9. The Morgan fingerprint density at radius 1 is 1.48 bits per heavy atom. The van der Waals surface area contributed by atoms with Gasteiger partial charge in [0.05, 0.1) is 5.56 Å². The van der Waals surface area contributed by atoms with Crippen LogP contribution in [0, 0.1) is 0 Å². The third kappa shape index (κ3) is 2.60. The lowest BCUT2D eigenvalue weighted by molar-refractivity contribution is 0.0955. The molecule has 2 heterocycles. The number of fused-ring (bicyclic) bond motifs is 1. The minimum absolute atomic E-state index is 0.0970. The second-order valence-corrected chi connectivity index (χ2v) is 4.97. The van der Waals surface area contributed by atoms with Gasteiger partial charge in [0.15, 0.2) is 0 Å². The molecule has 21 heavy (non-hydrogen) atoms. The van der Waals surface area contributed by atoms with Crippen molar-refractivity contribution in [3.05, 3.63) is 48.2 Å². The van der Waals surface area contributed by atoms with Crippen molar-refractivity contribution in [1.82, 2.24) is 19.9 Å². The van der Waals surface area contributed by atoms with Crippen molar-refractivity contribution in [3.63, 3.8) is 0 Å². The number of H-pyrrole nitrogens is 1. The average Bonchev–Trinajstić information content (AvgIpc) is 3.05. The van der Waals surface area contributed by atoms with Gasteiger partial charge in [0.1, 0.15) is 5.82 Å². The first-order valence-electron chi connectivity index (χ1n) is 6.76. The molecule has 0 fully saturated rings. The van der Waals surface area contributed by atoms with Crippen LogP contribution in [0.1, 0.15) is 16.2 Å². The number of hydrogen-bond donors (Lipinski definition) is 3. The molecule has 0 atom stereocenters. The van der Waals surface area contributed by atoms with Crippen LogP contribution in [0.5, 0.6) is 0 Å². The first-order valence-corrected chi connectivity index (χ1v) is 6.76. The smallest absolute Gasteiger partial charge is 0.253 e. The molecule has 0 bridgehead atoms. The molecule has 0 radical (unpaired) electrons. The second-order valence-electron chi connectivity index (χ2n) is 4.97. The van der Waals surface area contributed by atoms with Crippen LogP contribution in [0.15, 0.2) is 36.8 Å². The number of benzene rings is 1. The summed E-state index contributed by atoms with van der Waals surface area (Å²) in [4.78, 5) is 19.5. The SMILES string of the molecule is Cn1ccnc1CCNC(=O)c1c[nH]c2cc(N)ccc12. The number of aromatic amines is 1. The lowest BCUT2D eigenvalue weighted by atomic mass is 10.1. The van der Waals surface area contributed by atoms with E-state index in [1.807, 2.05) is 29.9 Å². The van der Waals surface area contributed by atoms with Crippen molar-refractivity contribution >= 4 is 22.5 Å². The number of rotatable bonds is 4. The molecule has 1 aromatic carbocycles. The summed E-state index contributed by atoms with van der Waals surface area (Å²) in [6, 6.07) is 5.47. The summed E-state index contributed by atoms with van der Waals surface area (Å²) in [6.45, 7) is 0.547. The molecule has 0 spiro atoms. The van der Waals surface area contributed by atoms with E-state index in [9.17, 15) is 4.79 Å². The molecule has 0 aliphatic heterocycles. The quantitative estimate of drug-likeness (QED) is 0.633. The highest BCUT2D eigenvalue weighted by Crippen LogP contribution is 2.20. The predicted molar refractivity (Wildman–Crippen MR) is 82.0 cm³/mol. The Labute approximate surface area is 122 Å². The topological polar surface area (TPSA) is 88.7 Å². The second kappa shape index (κ2) is 5.32. The molecule has 0 aliphatic rings. The van der Waals surface area contributed by atoms with Crippen molar-refractivity contribution in [2.45, 2.75) is 6.42 Å². The fourth-order valence-corrected chi connectivity index (χ4v) is 2.35. The zero-order chi connectivity index (χ0) is 14.8. The van der Waals surface area contributed by atoms with Gasteiger partial charge in [-0.2, -0.15) is 0 Å². The summed E-state index contributed by atoms with van der Waals surface area (Å²) >= 11 is 0. The van der Waals surface area contributed by atoms with E-state index in [0.717, 1.165) is 16.7 Å². The van der Waals surface area contributed by atoms with E-state index < -0.39 is 0 Å². The predicted octanol–water partition coefficient (Wildman–Crippen LogP) is 1.46. The van der Waals surface area contributed by atoms with Crippen LogP contribution in [0.2, 0.25) is 0 Å². The number of carbonyl (C=O) groups excluding carboxylic acids is 1. The summed E-state index contributed by atoms with van der Waals surface area (Å²) in [6.07, 6.45) is 6.05. The summed E-state index contributed by atoms with van der Waals surface area (Å²) in [5, 5.41) is 3.79. The zero-order valence-electron chi connectivity index (χ0n) is 11.8. The van der Waals surface area contributed by atoms with Crippen molar-refractivity contribution < 1.29 is 4.79 Å². The molecule has 0 saturated heterocycles. The van der Waals surface area contributed by atoms with Crippen LogP contribution < -0.4 is 11.1 Å². The number of amides is 1. The fourth-order valence-electron chi connectivity index (χ4n) is 2.35. The number of nitrogen functional groups attached to an aromatic ring is 1. The first-order chi connectivity index (χ1) is 10.1. The molecule has 3 rings (SSSR count). The van der Waals surface area contributed by atoms with Crippen molar-refractivity contribution in [3.8, 4) is 0 Å². The number of nitrogens with zero attached hydrogens (tertiary/aromatic N) is 2. The third-order valence-electron chi connectivity index (χ3n) is 3.51. The van der Waals surface area contributed by atoms with E-state index in [1.54, 1.807) is 18.5 Å². The lowest BCUT2D eigenvalue weighted by Gasteiger charge is -2.05. The monoisotopic (exact) mass is 283 g/mol. The maximum Gasteiger partial charge on any atom is 0.253 e. The molecule has 0 saturated carbocycles. The molecule has 3 aromatic rings. The highest BCUT2D eigenvalue weighted by Gasteiger charge is 2.11. The van der Waals surface area contributed by atoms with Crippen molar-refractivity contribution in [2.24, 2.45) is 7.05 Å². The van der Waals surface area contributed by atoms with E-state index in [1.165, 1.54) is 0 Å². The van der Waals surface area contributed by atoms with E-state index in [2.05, 4.69) is 15.3 Å². The van der Waals surface area contributed by atoms with Gasteiger partial charge in [0.25, 0.3) is 5.91 Å². The highest BCUT2D eigenvalue weighted by molar-refractivity contribution is 6.07. The fraction of sp³-hybridized carbons (Fsp3) is 0.200. The maximum atomic E-state index is 12.2. The van der Waals surface area contributed by atoms with Crippen LogP contribution in [-0.4, -0.2) is 27.0 Å². The molecule has 0 aliphatic carbocycles. The summed E-state index contributed by atoms with van der Waals surface area (Å²) in [7, 11) is 1.94. The molecule has 4 N–H and O–H groups in total. The summed E-state index contributed by atoms with van der Waals surface area (Å²) in [5.41, 5.74) is 7.89. The largest absolute Gasteiger partial charge is 0.399 e. The molecule has 0 unspecified atom stereocenters. The number of aromatic nitrogens is 3. The van der Waals surface area contributed by atoms with Crippen LogP contribution in [0.3, 0.4) is 0 Å². The number of hydrogen-bond acceptors (Lipinski definition) is 3. The van der Waals surface area contributed by atoms with E-state index in [4.69, 9.17) is 5.73 Å². The number of nitrogens with one attached hydrogen (secondary N) is 2. The minimum Gasteiger partial charge on any atom is -0.399 e. The van der Waals surface area contributed by atoms with E-state index >= 15 is 0 Å². The van der Waals surface area contributed by atoms with Crippen LogP contribution >= 0.6 is 0 Å². The van der Waals surface area contributed by atoms with Crippen LogP contribution in [0.25, 0.3) is 10.9 Å². The Balaban J connectivity index is 1.68.